The summed E-state index contributed by atoms with van der Waals surface area (Å²) in [7, 11) is 0. The normalized spacial score (nSPS) is 15.7. The molecular weight excluding hydrogens is 268 g/mol. The second-order valence-electron chi connectivity index (χ2n) is 5.18. The maximum Gasteiger partial charge on any atom is 0.128 e. The topological polar surface area (TPSA) is 48.1 Å². The number of benzene rings is 1. The first kappa shape index (κ1) is 13.4. The van der Waals surface area contributed by atoms with E-state index in [-0.39, 0.29) is 0 Å². The van der Waals surface area contributed by atoms with Crippen LogP contribution in [0.2, 0.25) is 0 Å². The molecule has 0 saturated heterocycles. The van der Waals surface area contributed by atoms with Gasteiger partial charge in [-0.25, -0.2) is 4.98 Å². The molecule has 106 valence electrons. The first-order valence-corrected chi connectivity index (χ1v) is 8.09. The molecule has 0 unspecified atom stereocenters. The molecule has 1 fully saturated rings. The van der Waals surface area contributed by atoms with Crippen molar-refractivity contribution >= 4 is 16.3 Å². The molecular formula is C16H20N2OS. The highest BCUT2D eigenvalue weighted by Crippen LogP contribution is 2.42. The Hall–Kier alpha value is -1.55. The molecule has 1 aromatic carbocycles. The summed E-state index contributed by atoms with van der Waals surface area (Å²) in [6.45, 7) is 2.64. The van der Waals surface area contributed by atoms with E-state index in [1.807, 2.05) is 31.2 Å². The Kier molecular flexibility index (Phi) is 3.92. The molecule has 0 bridgehead atoms. The fourth-order valence-electron chi connectivity index (χ4n) is 2.83. The molecule has 1 aliphatic carbocycles. The summed E-state index contributed by atoms with van der Waals surface area (Å²) in [5, 5.41) is 2.00. The van der Waals surface area contributed by atoms with E-state index < -0.39 is 0 Å². The van der Waals surface area contributed by atoms with Crippen LogP contribution in [0.15, 0.2) is 24.3 Å². The summed E-state index contributed by atoms with van der Waals surface area (Å²) in [6, 6.07) is 8.00. The lowest BCUT2D eigenvalue weighted by Gasteiger charge is -2.08. The van der Waals surface area contributed by atoms with Gasteiger partial charge in [0.15, 0.2) is 0 Å². The van der Waals surface area contributed by atoms with Crippen LogP contribution in [0.25, 0.3) is 11.3 Å². The summed E-state index contributed by atoms with van der Waals surface area (Å²) in [6.07, 6.45) is 5.13. The first-order valence-electron chi connectivity index (χ1n) is 7.28. The molecule has 2 aromatic rings. The van der Waals surface area contributed by atoms with Crippen molar-refractivity contribution in [1.29, 1.82) is 0 Å². The molecule has 1 saturated carbocycles. The third-order valence-corrected chi connectivity index (χ3v) is 4.86. The van der Waals surface area contributed by atoms with Gasteiger partial charge in [0, 0.05) is 11.5 Å². The predicted octanol–water partition coefficient (Wildman–Crippen LogP) is 4.45. The van der Waals surface area contributed by atoms with Crippen LogP contribution in [0, 0.1) is 0 Å². The maximum absolute atomic E-state index is 6.21. The predicted molar refractivity (Wildman–Crippen MR) is 84.3 cm³/mol. The number of nitrogen functional groups attached to an aromatic ring is 1. The molecule has 1 aliphatic rings. The van der Waals surface area contributed by atoms with Crippen LogP contribution in [-0.4, -0.2) is 11.6 Å². The van der Waals surface area contributed by atoms with Gasteiger partial charge in [-0.2, -0.15) is 0 Å². The number of nitrogens with two attached hydrogens (primary N) is 1. The minimum atomic E-state index is 0.607. The van der Waals surface area contributed by atoms with Crippen molar-refractivity contribution in [3.8, 4) is 17.0 Å². The molecule has 0 aliphatic heterocycles. The molecule has 4 heteroatoms. The SMILES string of the molecule is CCOc1ccccc1-c1nc(C2CCCC2)sc1N. The van der Waals surface area contributed by atoms with Crippen LogP contribution in [0.1, 0.15) is 43.5 Å². The zero-order valence-electron chi connectivity index (χ0n) is 11.8. The van der Waals surface area contributed by atoms with Crippen LogP contribution >= 0.6 is 11.3 Å². The van der Waals surface area contributed by atoms with E-state index in [9.17, 15) is 0 Å². The average Bonchev–Trinajstić information content (AvgIpc) is 3.09. The standard InChI is InChI=1S/C16H20N2OS/c1-2-19-13-10-6-5-9-12(13)14-15(17)20-16(18-14)11-7-3-4-8-11/h5-6,9-11H,2-4,7-8,17H2,1H3. The lowest BCUT2D eigenvalue weighted by molar-refractivity contribution is 0.341. The van der Waals surface area contributed by atoms with Gasteiger partial charge in [-0.15, -0.1) is 11.3 Å². The third kappa shape index (κ3) is 2.52. The van der Waals surface area contributed by atoms with Crippen LogP contribution in [-0.2, 0) is 0 Å². The Morgan fingerprint density at radius 3 is 2.80 bits per heavy atom. The highest BCUT2D eigenvalue weighted by atomic mass is 32.1. The highest BCUT2D eigenvalue weighted by molar-refractivity contribution is 7.16. The lowest BCUT2D eigenvalue weighted by Crippen LogP contribution is -1.96. The second-order valence-corrected chi connectivity index (χ2v) is 6.24. The number of rotatable bonds is 4. The van der Waals surface area contributed by atoms with Gasteiger partial charge in [0.2, 0.25) is 0 Å². The molecule has 3 rings (SSSR count). The summed E-state index contributed by atoms with van der Waals surface area (Å²) >= 11 is 1.64. The average molecular weight is 288 g/mol. The zero-order chi connectivity index (χ0) is 13.9. The smallest absolute Gasteiger partial charge is 0.128 e. The molecule has 2 N–H and O–H groups in total. The lowest BCUT2D eigenvalue weighted by atomic mass is 10.1. The number of nitrogens with zero attached hydrogens (tertiary/aromatic N) is 1. The molecule has 3 nitrogen and oxygen atoms in total. The maximum atomic E-state index is 6.21. The van der Waals surface area contributed by atoms with Crippen molar-refractivity contribution in [2.45, 2.75) is 38.5 Å². The van der Waals surface area contributed by atoms with E-state index in [4.69, 9.17) is 15.5 Å². The number of hydrogen-bond donors (Lipinski definition) is 1. The van der Waals surface area contributed by atoms with Gasteiger partial charge in [-0.05, 0) is 31.9 Å². The van der Waals surface area contributed by atoms with E-state index in [0.29, 0.717) is 12.5 Å². The number of para-hydroxylation sites is 1. The summed E-state index contributed by atoms with van der Waals surface area (Å²) in [4.78, 5) is 4.82. The minimum absolute atomic E-state index is 0.607. The van der Waals surface area contributed by atoms with Crippen LogP contribution in [0.3, 0.4) is 0 Å². The van der Waals surface area contributed by atoms with Crippen LogP contribution in [0.4, 0.5) is 5.00 Å². The Morgan fingerprint density at radius 2 is 2.05 bits per heavy atom. The Balaban J connectivity index is 1.97. The monoisotopic (exact) mass is 288 g/mol. The molecule has 0 amide bonds. The molecule has 1 aromatic heterocycles. The van der Waals surface area contributed by atoms with E-state index >= 15 is 0 Å². The van der Waals surface area contributed by atoms with Crippen molar-refractivity contribution in [1.82, 2.24) is 4.98 Å². The van der Waals surface area contributed by atoms with Crippen LogP contribution in [0.5, 0.6) is 5.75 Å². The fraction of sp³-hybridized carbons (Fsp3) is 0.438. The summed E-state index contributed by atoms with van der Waals surface area (Å²) in [5.41, 5.74) is 8.10. The second kappa shape index (κ2) is 5.83. The summed E-state index contributed by atoms with van der Waals surface area (Å²) in [5.74, 6) is 1.47. The van der Waals surface area contributed by atoms with Gasteiger partial charge < -0.3 is 10.5 Å². The Morgan fingerprint density at radius 1 is 1.30 bits per heavy atom. The van der Waals surface area contributed by atoms with Gasteiger partial charge in [0.1, 0.15) is 16.4 Å². The quantitative estimate of drug-likeness (QED) is 0.904. The number of hydrogen-bond acceptors (Lipinski definition) is 4. The van der Waals surface area contributed by atoms with E-state index in [1.54, 1.807) is 11.3 Å². The van der Waals surface area contributed by atoms with Crippen molar-refractivity contribution in [3.63, 3.8) is 0 Å². The molecule has 1 heterocycles. The fourth-order valence-corrected chi connectivity index (χ4v) is 3.85. The third-order valence-electron chi connectivity index (χ3n) is 3.82. The van der Waals surface area contributed by atoms with Crippen molar-refractivity contribution < 1.29 is 4.74 Å². The van der Waals surface area contributed by atoms with Gasteiger partial charge in [-0.3, -0.25) is 0 Å². The molecule has 20 heavy (non-hydrogen) atoms. The van der Waals surface area contributed by atoms with Crippen LogP contribution < -0.4 is 10.5 Å². The minimum Gasteiger partial charge on any atom is -0.493 e. The van der Waals surface area contributed by atoms with Gasteiger partial charge in [0.05, 0.1) is 11.6 Å². The van der Waals surface area contributed by atoms with E-state index in [2.05, 4.69) is 0 Å². The van der Waals surface area contributed by atoms with Crippen molar-refractivity contribution in [2.24, 2.45) is 0 Å². The number of aromatic nitrogens is 1. The largest absolute Gasteiger partial charge is 0.493 e. The highest BCUT2D eigenvalue weighted by Gasteiger charge is 2.23. The van der Waals surface area contributed by atoms with E-state index in [0.717, 1.165) is 22.0 Å². The van der Waals surface area contributed by atoms with Gasteiger partial charge in [-0.1, -0.05) is 25.0 Å². The Labute approximate surface area is 123 Å². The molecule has 0 radical (unpaired) electrons. The van der Waals surface area contributed by atoms with Crippen molar-refractivity contribution in [3.05, 3.63) is 29.3 Å². The van der Waals surface area contributed by atoms with Gasteiger partial charge in [0.25, 0.3) is 0 Å². The number of ether oxygens (including phenoxy) is 1. The Bertz CT molecular complexity index is 588. The molecule has 0 atom stereocenters. The first-order chi connectivity index (χ1) is 9.79. The summed E-state index contributed by atoms with van der Waals surface area (Å²) < 4.78 is 5.69. The number of thiazole rings is 1. The molecule has 0 spiro atoms. The van der Waals surface area contributed by atoms with Gasteiger partial charge >= 0.3 is 0 Å². The van der Waals surface area contributed by atoms with Crippen molar-refractivity contribution in [2.75, 3.05) is 12.3 Å². The zero-order valence-corrected chi connectivity index (χ0v) is 12.6. The number of anilines is 1. The van der Waals surface area contributed by atoms with E-state index in [1.165, 1.54) is 30.7 Å².